The highest BCUT2D eigenvalue weighted by Crippen LogP contribution is 2.22. The smallest absolute Gasteiger partial charge is 0.328 e. The molecular formula is C22H20N4O4. The van der Waals surface area contributed by atoms with Crippen LogP contribution in [-0.2, 0) is 0 Å². The molecule has 2 aromatic heterocycles. The van der Waals surface area contributed by atoms with Crippen molar-refractivity contribution < 1.29 is 13.9 Å². The van der Waals surface area contributed by atoms with E-state index in [0.29, 0.717) is 17.7 Å². The first kappa shape index (κ1) is 19.4. The number of carbonyl (C=O) groups excluding carboxylic acids is 1. The van der Waals surface area contributed by atoms with Crippen LogP contribution in [0.1, 0.15) is 29.3 Å². The zero-order valence-corrected chi connectivity index (χ0v) is 16.6. The molecule has 0 unspecified atom stereocenters. The minimum Gasteiger partial charge on any atom is -0.494 e. The number of nitrogens with one attached hydrogen (secondary N) is 1. The maximum Gasteiger partial charge on any atom is 0.328 e. The van der Waals surface area contributed by atoms with Crippen molar-refractivity contribution in [1.29, 1.82) is 0 Å². The summed E-state index contributed by atoms with van der Waals surface area (Å²) in [6.45, 7) is 4.50. The number of nitrogens with zero attached hydrogens (tertiary/aromatic N) is 3. The van der Waals surface area contributed by atoms with Gasteiger partial charge in [-0.1, -0.05) is 25.1 Å². The van der Waals surface area contributed by atoms with E-state index in [1.807, 2.05) is 38.1 Å². The summed E-state index contributed by atoms with van der Waals surface area (Å²) in [7, 11) is 0. The molecule has 4 rings (SSSR count). The molecule has 1 N–H and O–H groups in total. The highest BCUT2D eigenvalue weighted by molar-refractivity contribution is 6.05. The normalized spacial score (nSPS) is 10.9. The van der Waals surface area contributed by atoms with Crippen LogP contribution in [0.25, 0.3) is 17.3 Å². The van der Waals surface area contributed by atoms with Crippen LogP contribution < -0.4 is 15.6 Å². The second-order valence-corrected chi connectivity index (χ2v) is 6.72. The Balaban J connectivity index is 1.61. The van der Waals surface area contributed by atoms with Crippen LogP contribution >= 0.6 is 0 Å². The molecular weight excluding hydrogens is 384 g/mol. The van der Waals surface area contributed by atoms with Crippen molar-refractivity contribution in [3.63, 3.8) is 0 Å². The van der Waals surface area contributed by atoms with Crippen LogP contribution in [0.3, 0.4) is 0 Å². The second-order valence-electron chi connectivity index (χ2n) is 6.72. The first-order valence-electron chi connectivity index (χ1n) is 9.56. The molecule has 8 heteroatoms. The van der Waals surface area contributed by atoms with Crippen LogP contribution in [0.5, 0.6) is 5.75 Å². The van der Waals surface area contributed by atoms with E-state index in [4.69, 9.17) is 9.15 Å². The number of hydrogen-bond donors (Lipinski definition) is 1. The van der Waals surface area contributed by atoms with Gasteiger partial charge in [0.25, 0.3) is 5.91 Å². The summed E-state index contributed by atoms with van der Waals surface area (Å²) in [4.78, 5) is 29.4. The monoisotopic (exact) mass is 404 g/mol. The van der Waals surface area contributed by atoms with Crippen LogP contribution in [0.4, 0.5) is 5.69 Å². The standard InChI is InChI=1S/C22H20N4O4/c1-3-12-29-16-10-8-15(9-11-16)20-25-26-21(28)18(13-23-22(26)30-20)24-19(27)17-7-5-4-6-14(17)2/h4-11,13H,3,12H2,1-2H3,(H,24,27). The molecule has 0 aliphatic carbocycles. The van der Waals surface area contributed by atoms with Crippen LogP contribution in [0.2, 0.25) is 0 Å². The minimum absolute atomic E-state index is 0.0175. The Morgan fingerprint density at radius 1 is 1.17 bits per heavy atom. The molecule has 0 saturated carbocycles. The van der Waals surface area contributed by atoms with Crippen molar-refractivity contribution in [3.8, 4) is 17.2 Å². The molecule has 0 saturated heterocycles. The van der Waals surface area contributed by atoms with Crippen molar-refractivity contribution in [1.82, 2.24) is 14.6 Å². The van der Waals surface area contributed by atoms with Crippen LogP contribution in [-0.4, -0.2) is 27.1 Å². The van der Waals surface area contributed by atoms with Gasteiger partial charge in [0.15, 0.2) is 0 Å². The Labute approximate surface area is 172 Å². The zero-order chi connectivity index (χ0) is 21.1. The average Bonchev–Trinajstić information content (AvgIpc) is 3.20. The number of aromatic nitrogens is 3. The number of fused-ring (bicyclic) bond motifs is 1. The van der Waals surface area contributed by atoms with Gasteiger partial charge in [-0.2, -0.15) is 0 Å². The van der Waals surface area contributed by atoms with Gasteiger partial charge in [0, 0.05) is 11.1 Å². The lowest BCUT2D eigenvalue weighted by Gasteiger charge is -2.06. The van der Waals surface area contributed by atoms with Crippen LogP contribution in [0.15, 0.2) is 63.9 Å². The molecule has 0 aliphatic rings. The molecule has 0 fully saturated rings. The van der Waals surface area contributed by atoms with Gasteiger partial charge in [0.1, 0.15) is 11.4 Å². The third-order valence-corrected chi connectivity index (χ3v) is 4.50. The van der Waals surface area contributed by atoms with E-state index < -0.39 is 11.5 Å². The van der Waals surface area contributed by atoms with Crippen molar-refractivity contribution in [2.75, 3.05) is 11.9 Å². The lowest BCUT2D eigenvalue weighted by atomic mass is 10.1. The molecule has 4 aromatic rings. The molecule has 152 valence electrons. The van der Waals surface area contributed by atoms with E-state index in [-0.39, 0.29) is 17.4 Å². The van der Waals surface area contributed by atoms with E-state index in [1.165, 1.54) is 6.20 Å². The molecule has 0 atom stereocenters. The summed E-state index contributed by atoms with van der Waals surface area (Å²) in [5.41, 5.74) is 1.45. The largest absolute Gasteiger partial charge is 0.494 e. The van der Waals surface area contributed by atoms with E-state index in [1.54, 1.807) is 24.3 Å². The summed E-state index contributed by atoms with van der Waals surface area (Å²) >= 11 is 0. The fourth-order valence-corrected chi connectivity index (χ4v) is 2.92. The fourth-order valence-electron chi connectivity index (χ4n) is 2.92. The Hall–Kier alpha value is -3.94. The van der Waals surface area contributed by atoms with Gasteiger partial charge in [0.05, 0.1) is 12.8 Å². The highest BCUT2D eigenvalue weighted by Gasteiger charge is 2.16. The number of benzene rings is 2. The van der Waals surface area contributed by atoms with Crippen molar-refractivity contribution in [2.24, 2.45) is 0 Å². The molecule has 1 amide bonds. The van der Waals surface area contributed by atoms with E-state index in [2.05, 4.69) is 15.4 Å². The minimum atomic E-state index is -0.528. The zero-order valence-electron chi connectivity index (χ0n) is 16.6. The lowest BCUT2D eigenvalue weighted by molar-refractivity contribution is 0.102. The Morgan fingerprint density at radius 2 is 1.93 bits per heavy atom. The number of aryl methyl sites for hydroxylation is 1. The molecule has 0 bridgehead atoms. The summed E-state index contributed by atoms with van der Waals surface area (Å²) in [5, 5.41) is 6.82. The number of anilines is 1. The van der Waals surface area contributed by atoms with E-state index >= 15 is 0 Å². The van der Waals surface area contributed by atoms with Crippen molar-refractivity contribution >= 4 is 17.4 Å². The molecule has 30 heavy (non-hydrogen) atoms. The Bertz CT molecular complexity index is 1260. The second kappa shape index (κ2) is 8.20. The predicted octanol–water partition coefficient (Wildman–Crippen LogP) is 3.70. The number of hydrogen-bond acceptors (Lipinski definition) is 6. The Kier molecular flexibility index (Phi) is 5.30. The fraction of sp³-hybridized carbons (Fsp3) is 0.182. The summed E-state index contributed by atoms with van der Waals surface area (Å²) in [6.07, 6.45) is 2.19. The molecule has 0 aliphatic heterocycles. The third-order valence-electron chi connectivity index (χ3n) is 4.50. The van der Waals surface area contributed by atoms with E-state index in [9.17, 15) is 9.59 Å². The average molecular weight is 404 g/mol. The van der Waals surface area contributed by atoms with Gasteiger partial charge in [-0.05, 0) is 49.2 Å². The molecule has 2 heterocycles. The van der Waals surface area contributed by atoms with Gasteiger partial charge in [0.2, 0.25) is 5.89 Å². The molecule has 0 radical (unpaired) electrons. The number of ether oxygens (including phenoxy) is 1. The molecule has 0 spiro atoms. The van der Waals surface area contributed by atoms with Crippen LogP contribution in [0, 0.1) is 6.92 Å². The van der Waals surface area contributed by atoms with Gasteiger partial charge < -0.3 is 14.5 Å². The first-order chi connectivity index (χ1) is 14.6. The predicted molar refractivity (Wildman–Crippen MR) is 112 cm³/mol. The first-order valence-corrected chi connectivity index (χ1v) is 9.56. The number of amides is 1. The summed E-state index contributed by atoms with van der Waals surface area (Å²) < 4.78 is 12.2. The topological polar surface area (TPSA) is 98.7 Å². The molecule has 2 aromatic carbocycles. The number of rotatable bonds is 6. The highest BCUT2D eigenvalue weighted by atomic mass is 16.5. The Morgan fingerprint density at radius 3 is 2.67 bits per heavy atom. The SMILES string of the molecule is CCCOc1ccc(-c2nn3c(=O)c(NC(=O)c4ccccc4C)cnc3o2)cc1. The third kappa shape index (κ3) is 3.80. The van der Waals surface area contributed by atoms with E-state index in [0.717, 1.165) is 22.2 Å². The van der Waals surface area contributed by atoms with Crippen molar-refractivity contribution in [3.05, 3.63) is 76.2 Å². The van der Waals surface area contributed by atoms with Gasteiger partial charge in [-0.15, -0.1) is 9.61 Å². The lowest BCUT2D eigenvalue weighted by Crippen LogP contribution is -2.23. The van der Waals surface area contributed by atoms with Gasteiger partial charge in [-0.25, -0.2) is 4.98 Å². The number of carbonyl (C=O) groups is 1. The maximum atomic E-state index is 12.8. The summed E-state index contributed by atoms with van der Waals surface area (Å²) in [5.74, 6) is 0.630. The quantitative estimate of drug-likeness (QED) is 0.526. The summed E-state index contributed by atoms with van der Waals surface area (Å²) in [6, 6.07) is 14.3. The maximum absolute atomic E-state index is 12.8. The van der Waals surface area contributed by atoms with Gasteiger partial charge in [-0.3, -0.25) is 9.59 Å². The van der Waals surface area contributed by atoms with Crippen molar-refractivity contribution in [2.45, 2.75) is 20.3 Å². The van der Waals surface area contributed by atoms with Gasteiger partial charge >= 0.3 is 11.4 Å². The molecule has 8 nitrogen and oxygen atoms in total.